The fourth-order valence-electron chi connectivity index (χ4n) is 3.47. The van der Waals surface area contributed by atoms with Crippen molar-refractivity contribution in [1.29, 1.82) is 5.26 Å². The summed E-state index contributed by atoms with van der Waals surface area (Å²) in [6.45, 7) is 7.25. The Hall–Kier alpha value is -2.90. The molecule has 10 heteroatoms. The van der Waals surface area contributed by atoms with Gasteiger partial charge < -0.3 is 25.3 Å². The summed E-state index contributed by atoms with van der Waals surface area (Å²) in [6, 6.07) is 2.52. The van der Waals surface area contributed by atoms with Gasteiger partial charge in [-0.2, -0.15) is 15.2 Å². The van der Waals surface area contributed by atoms with E-state index in [4.69, 9.17) is 25.1 Å². The van der Waals surface area contributed by atoms with E-state index in [0.29, 0.717) is 29.2 Å². The Morgan fingerprint density at radius 3 is 2.71 bits per heavy atom. The number of aryl methyl sites for hydroxylation is 1. The lowest BCUT2D eigenvalue weighted by Gasteiger charge is -2.26. The van der Waals surface area contributed by atoms with Crippen LogP contribution in [0.15, 0.2) is 0 Å². The van der Waals surface area contributed by atoms with E-state index in [9.17, 15) is 5.26 Å². The fraction of sp³-hybridized carbons (Fsp3) is 0.619. The van der Waals surface area contributed by atoms with Crippen molar-refractivity contribution >= 4 is 23.3 Å². The Morgan fingerprint density at radius 1 is 1.29 bits per heavy atom. The van der Waals surface area contributed by atoms with Gasteiger partial charge in [-0.05, 0) is 32.2 Å². The van der Waals surface area contributed by atoms with Crippen LogP contribution in [0.1, 0.15) is 50.3 Å². The summed E-state index contributed by atoms with van der Waals surface area (Å²) in [4.78, 5) is 22.6. The number of nitrogens with one attached hydrogen (secondary N) is 1. The molecule has 0 atom stereocenters. The molecule has 0 aliphatic carbocycles. The number of morpholine rings is 1. The second-order valence-electron chi connectivity index (χ2n) is 7.28. The van der Waals surface area contributed by atoms with Crippen molar-refractivity contribution in [2.75, 3.05) is 45.2 Å². The zero-order valence-corrected chi connectivity index (χ0v) is 18.1. The molecule has 0 aromatic carbocycles. The predicted octanol–water partition coefficient (Wildman–Crippen LogP) is 2.34. The maximum Gasteiger partial charge on any atom is 0.319 e. The van der Waals surface area contributed by atoms with Gasteiger partial charge >= 0.3 is 6.01 Å². The van der Waals surface area contributed by atoms with Crippen LogP contribution in [0.5, 0.6) is 6.01 Å². The molecule has 1 aliphatic heterocycles. The number of fused-ring (bicyclic) bond motifs is 1. The minimum Gasteiger partial charge on any atom is -0.483 e. The second kappa shape index (κ2) is 13.4. The van der Waals surface area contributed by atoms with Gasteiger partial charge in [0.1, 0.15) is 22.8 Å². The first-order chi connectivity index (χ1) is 15.1. The fourth-order valence-corrected chi connectivity index (χ4v) is 3.47. The average molecular weight is 433 g/mol. The maximum atomic E-state index is 9.51. The minimum absolute atomic E-state index is 0.250. The average Bonchev–Trinajstić information content (AvgIpc) is 3.13. The highest BCUT2D eigenvalue weighted by Crippen LogP contribution is 2.27. The molecule has 2 aromatic heterocycles. The molecule has 3 heterocycles. The lowest BCUT2D eigenvalue weighted by atomic mass is 10.1. The molecule has 1 fully saturated rings. The number of carboxylic acid groups (broad SMARTS) is 1. The number of rotatable bonds is 10. The molecule has 2 aromatic rings. The number of carbonyl (C=O) groups is 1. The van der Waals surface area contributed by atoms with E-state index in [1.54, 1.807) is 0 Å². The number of hydrogen-bond acceptors (Lipinski definition) is 8. The van der Waals surface area contributed by atoms with Gasteiger partial charge in [0.05, 0.1) is 19.8 Å². The molecule has 0 radical (unpaired) electrons. The molecule has 0 spiro atoms. The van der Waals surface area contributed by atoms with Crippen LogP contribution in [-0.4, -0.2) is 70.9 Å². The number of nitriles is 1. The van der Waals surface area contributed by atoms with Crippen molar-refractivity contribution in [2.45, 2.75) is 45.4 Å². The lowest BCUT2D eigenvalue weighted by molar-refractivity contribution is -0.122. The minimum atomic E-state index is -0.250. The quantitative estimate of drug-likeness (QED) is 0.379. The van der Waals surface area contributed by atoms with Crippen LogP contribution in [0.3, 0.4) is 0 Å². The van der Waals surface area contributed by atoms with Crippen molar-refractivity contribution in [3.05, 3.63) is 11.3 Å². The first-order valence-corrected chi connectivity index (χ1v) is 10.7. The standard InChI is InChI=1S/C20H30N6O2.CH2O2/c1-2-3-11-28-20-24-17-15(16(14-21)23-18(17)19(22)25-20)7-5-4-6-8-26-9-12-27-13-10-26;2-1-3/h23H,2-13H2,1H3,(H2,22,24,25);1H,(H,2,3). The van der Waals surface area contributed by atoms with Gasteiger partial charge in [0.15, 0.2) is 5.82 Å². The van der Waals surface area contributed by atoms with Crippen LogP contribution in [0.4, 0.5) is 5.82 Å². The van der Waals surface area contributed by atoms with E-state index in [0.717, 1.165) is 76.9 Å². The first kappa shape index (κ1) is 24.4. The highest BCUT2D eigenvalue weighted by Gasteiger charge is 2.17. The molecule has 4 N–H and O–H groups in total. The summed E-state index contributed by atoms with van der Waals surface area (Å²) in [5.74, 6) is 0.326. The second-order valence-corrected chi connectivity index (χ2v) is 7.28. The summed E-state index contributed by atoms with van der Waals surface area (Å²) < 4.78 is 11.0. The van der Waals surface area contributed by atoms with Crippen LogP contribution in [0.25, 0.3) is 11.0 Å². The number of unbranched alkanes of at least 4 members (excludes halogenated alkanes) is 3. The summed E-state index contributed by atoms with van der Waals surface area (Å²) in [6.07, 6.45) is 6.02. The van der Waals surface area contributed by atoms with Gasteiger partial charge in [-0.3, -0.25) is 9.69 Å². The van der Waals surface area contributed by atoms with Gasteiger partial charge in [-0.25, -0.2) is 0 Å². The zero-order chi connectivity index (χ0) is 22.5. The Morgan fingerprint density at radius 2 is 2.03 bits per heavy atom. The Kier molecular flexibility index (Phi) is 10.5. The monoisotopic (exact) mass is 432 g/mol. The molecule has 3 rings (SSSR count). The van der Waals surface area contributed by atoms with E-state index in [-0.39, 0.29) is 12.5 Å². The van der Waals surface area contributed by atoms with Crippen molar-refractivity contribution in [3.8, 4) is 12.1 Å². The molecule has 10 nitrogen and oxygen atoms in total. The summed E-state index contributed by atoms with van der Waals surface area (Å²) in [5, 5.41) is 16.4. The molecular weight excluding hydrogens is 400 g/mol. The highest BCUT2D eigenvalue weighted by atomic mass is 16.5. The maximum absolute atomic E-state index is 9.51. The Balaban J connectivity index is 0.00000107. The number of nitrogens with two attached hydrogens (primary N) is 1. The third kappa shape index (κ3) is 7.38. The van der Waals surface area contributed by atoms with Gasteiger partial charge in [0, 0.05) is 18.7 Å². The number of hydrogen-bond donors (Lipinski definition) is 3. The predicted molar refractivity (Wildman–Crippen MR) is 117 cm³/mol. The summed E-state index contributed by atoms with van der Waals surface area (Å²) in [7, 11) is 0. The van der Waals surface area contributed by atoms with Crippen LogP contribution >= 0.6 is 0 Å². The third-order valence-electron chi connectivity index (χ3n) is 5.10. The normalized spacial score (nSPS) is 13.9. The van der Waals surface area contributed by atoms with E-state index >= 15 is 0 Å². The van der Waals surface area contributed by atoms with Crippen LogP contribution in [-0.2, 0) is 16.0 Å². The number of ether oxygens (including phenoxy) is 2. The molecule has 1 saturated heterocycles. The molecule has 31 heavy (non-hydrogen) atoms. The van der Waals surface area contributed by atoms with Gasteiger partial charge in [-0.1, -0.05) is 19.8 Å². The van der Waals surface area contributed by atoms with Crippen LogP contribution in [0, 0.1) is 11.3 Å². The first-order valence-electron chi connectivity index (χ1n) is 10.7. The molecule has 1 aliphatic rings. The lowest BCUT2D eigenvalue weighted by Crippen LogP contribution is -2.36. The smallest absolute Gasteiger partial charge is 0.319 e. The number of H-pyrrole nitrogens is 1. The van der Waals surface area contributed by atoms with Gasteiger partial charge in [0.2, 0.25) is 0 Å². The molecule has 0 bridgehead atoms. The number of aromatic nitrogens is 3. The number of nitrogens with zero attached hydrogens (tertiary/aromatic N) is 4. The molecule has 0 saturated carbocycles. The van der Waals surface area contributed by atoms with E-state index < -0.39 is 0 Å². The van der Waals surface area contributed by atoms with Gasteiger partial charge in [0.25, 0.3) is 6.47 Å². The summed E-state index contributed by atoms with van der Waals surface area (Å²) >= 11 is 0. The molecular formula is C21H32N6O4. The molecule has 0 unspecified atom stereocenters. The van der Waals surface area contributed by atoms with Crippen LogP contribution in [0.2, 0.25) is 0 Å². The van der Waals surface area contributed by atoms with Crippen LogP contribution < -0.4 is 10.5 Å². The molecule has 170 valence electrons. The van der Waals surface area contributed by atoms with Crippen molar-refractivity contribution in [1.82, 2.24) is 19.9 Å². The number of nitrogen functional groups attached to an aromatic ring is 1. The Bertz CT molecular complexity index is 858. The van der Waals surface area contributed by atoms with E-state index in [1.165, 1.54) is 0 Å². The Labute approximate surface area is 182 Å². The summed E-state index contributed by atoms with van der Waals surface area (Å²) in [5.41, 5.74) is 8.85. The number of anilines is 1. The van der Waals surface area contributed by atoms with Crippen molar-refractivity contribution in [3.63, 3.8) is 0 Å². The number of aromatic amines is 1. The van der Waals surface area contributed by atoms with Gasteiger partial charge in [-0.15, -0.1) is 0 Å². The van der Waals surface area contributed by atoms with Crippen molar-refractivity contribution < 1.29 is 19.4 Å². The SMILES string of the molecule is CCCCOc1nc(N)c2[nH]c(C#N)c(CCCCCN3CCOCC3)c2n1.O=CO. The zero-order valence-electron chi connectivity index (χ0n) is 18.1. The third-order valence-corrected chi connectivity index (χ3v) is 5.10. The molecule has 0 amide bonds. The topological polar surface area (TPSA) is 150 Å². The van der Waals surface area contributed by atoms with E-state index in [2.05, 4.69) is 32.8 Å². The highest BCUT2D eigenvalue weighted by molar-refractivity contribution is 5.89. The van der Waals surface area contributed by atoms with E-state index in [1.807, 2.05) is 0 Å². The van der Waals surface area contributed by atoms with Crippen molar-refractivity contribution in [2.24, 2.45) is 0 Å². The largest absolute Gasteiger partial charge is 0.483 e.